The lowest BCUT2D eigenvalue weighted by Gasteiger charge is -2.45. The van der Waals surface area contributed by atoms with Gasteiger partial charge in [0, 0.05) is 22.4 Å². The van der Waals surface area contributed by atoms with Crippen LogP contribution in [0.15, 0.2) is 32.3 Å². The summed E-state index contributed by atoms with van der Waals surface area (Å²) in [5, 5.41) is 12.6. The Bertz CT molecular complexity index is 2470. The Morgan fingerprint density at radius 1 is 0.537 bits per heavy atom. The van der Waals surface area contributed by atoms with Gasteiger partial charge in [-0.2, -0.15) is 47.7 Å². The van der Waals surface area contributed by atoms with Crippen LogP contribution in [0.1, 0.15) is 22.3 Å². The summed E-state index contributed by atoms with van der Waals surface area (Å²) in [7, 11) is -24.3. The molecule has 54 heavy (non-hydrogen) atoms. The Balaban J connectivity index is 2.46. The standard InChI is InChI=1S/C28H4F18N6S2/c1-49-28(50-2)11-4-10-15(13(11)17-20(31)26(35)52-27(36)21(17)32)22(53(37,38,39,40)41)9-3-8(7(5-47)6-48)12(14(9)23(10)54(42,43,44,45)46)16-18(29)24(33)51-25(34)19(16)30/h3-4H2. The fourth-order valence-corrected chi connectivity index (χ4v) is 8.54. The SMILES string of the molecule is [C-]#[N+]C([N+]#[C-])=C1Cc2c(S(F)(F)(F)(F)F)c3c(c(S(F)(F)(F)(F)F)c2=C1c1c(F)c(F)nc(F)c1F)CC(=C(C#N)C#N)C=3c1c(F)c(F)nc(F)c1F. The van der Waals surface area contributed by atoms with E-state index in [0.717, 1.165) is 12.1 Å². The van der Waals surface area contributed by atoms with Crippen LogP contribution in [0, 0.1) is 82.9 Å². The van der Waals surface area contributed by atoms with E-state index in [1.165, 1.54) is 0 Å². The zero-order valence-electron chi connectivity index (χ0n) is 24.7. The number of rotatable bonds is 4. The molecule has 284 valence electrons. The number of fused-ring (bicyclic) bond motifs is 2. The number of nitrogens with zero attached hydrogens (tertiary/aromatic N) is 6. The normalized spacial score (nSPS) is 16.6. The number of hydrogen-bond acceptors (Lipinski definition) is 4. The van der Waals surface area contributed by atoms with Crippen LogP contribution in [0.2, 0.25) is 0 Å². The molecule has 3 aromatic rings. The van der Waals surface area contributed by atoms with Gasteiger partial charge in [-0.05, 0) is 28.7 Å². The van der Waals surface area contributed by atoms with Crippen molar-refractivity contribution in [2.45, 2.75) is 22.6 Å². The smallest absolute Gasteiger partial charge is 0.201 e. The third kappa shape index (κ3) is 5.91. The average Bonchev–Trinajstić information content (AvgIpc) is 3.55. The third-order valence-electron chi connectivity index (χ3n) is 7.69. The molecule has 0 atom stereocenters. The van der Waals surface area contributed by atoms with Crippen LogP contribution in [-0.2, 0) is 12.8 Å². The number of allylic oxidation sites excluding steroid dienone is 3. The molecule has 0 radical (unpaired) electrons. The second-order valence-electron chi connectivity index (χ2n) is 10.9. The lowest BCUT2D eigenvalue weighted by molar-refractivity contribution is 0.352. The maximum atomic E-state index is 15.3. The highest BCUT2D eigenvalue weighted by Crippen LogP contribution is 3.04. The van der Waals surface area contributed by atoms with Gasteiger partial charge >= 0.3 is 26.3 Å². The number of aromatic nitrogens is 2. The van der Waals surface area contributed by atoms with Crippen LogP contribution in [0.3, 0.4) is 0 Å². The van der Waals surface area contributed by atoms with Crippen molar-refractivity contribution < 1.29 is 74.0 Å². The molecule has 0 fully saturated rings. The zero-order valence-corrected chi connectivity index (χ0v) is 26.4. The van der Waals surface area contributed by atoms with Gasteiger partial charge in [0.1, 0.15) is 40.6 Å². The highest BCUT2D eigenvalue weighted by Gasteiger charge is 2.72. The minimum Gasteiger partial charge on any atom is -0.201 e. The van der Waals surface area contributed by atoms with Crippen molar-refractivity contribution in [2.75, 3.05) is 0 Å². The van der Waals surface area contributed by atoms with Crippen LogP contribution in [0.5, 0.6) is 0 Å². The largest absolute Gasteiger partial charge is 0.523 e. The van der Waals surface area contributed by atoms with Crippen molar-refractivity contribution in [3.8, 4) is 12.1 Å². The van der Waals surface area contributed by atoms with Crippen LogP contribution in [-0.4, -0.2) is 9.97 Å². The fourth-order valence-electron chi connectivity index (χ4n) is 6.04. The molecule has 0 amide bonds. The van der Waals surface area contributed by atoms with E-state index in [9.17, 15) is 28.1 Å². The average molecular weight is 830 g/mol. The summed E-state index contributed by atoms with van der Waals surface area (Å²) >= 11 is 0. The molecule has 26 heteroatoms. The monoisotopic (exact) mass is 830 g/mol. The molecule has 0 aliphatic heterocycles. The van der Waals surface area contributed by atoms with Crippen LogP contribution in [0.25, 0.3) is 20.8 Å². The van der Waals surface area contributed by atoms with E-state index in [0.29, 0.717) is 0 Å². The summed E-state index contributed by atoms with van der Waals surface area (Å²) in [6, 6.07) is 1.54. The number of hydrogen-bond donors (Lipinski definition) is 0. The third-order valence-corrected chi connectivity index (χ3v) is 10.1. The molecule has 0 bridgehead atoms. The molecule has 0 N–H and O–H groups in total. The molecular formula is C28H4F18N6S2. The van der Waals surface area contributed by atoms with Gasteiger partial charge in [-0.25, -0.2) is 17.6 Å². The molecule has 0 saturated carbocycles. The quantitative estimate of drug-likeness (QED) is 0.114. The van der Waals surface area contributed by atoms with E-state index in [1.807, 2.05) is 9.97 Å². The van der Waals surface area contributed by atoms with Gasteiger partial charge in [-0.3, -0.25) is 0 Å². The maximum absolute atomic E-state index is 15.3. The van der Waals surface area contributed by atoms with Gasteiger partial charge < -0.3 is 0 Å². The number of nitriles is 2. The number of halogens is 18. The summed E-state index contributed by atoms with van der Waals surface area (Å²) in [6.07, 6.45) is -5.03. The van der Waals surface area contributed by atoms with Crippen LogP contribution < -0.4 is 10.4 Å². The van der Waals surface area contributed by atoms with Crippen molar-refractivity contribution in [1.29, 1.82) is 10.5 Å². The van der Waals surface area contributed by atoms with E-state index >= 15 is 56.4 Å². The van der Waals surface area contributed by atoms with Gasteiger partial charge in [0.25, 0.3) is 23.8 Å². The topological polar surface area (TPSA) is 82.1 Å². The molecule has 2 heterocycles. The van der Waals surface area contributed by atoms with Gasteiger partial charge in [0.15, 0.2) is 23.3 Å². The Kier molecular flexibility index (Phi) is 7.59. The molecular weight excluding hydrogens is 826 g/mol. The predicted molar refractivity (Wildman–Crippen MR) is 148 cm³/mol. The summed E-state index contributed by atoms with van der Waals surface area (Å²) in [6.45, 7) is 14.2. The first kappa shape index (κ1) is 39.3. The fraction of sp³-hybridized carbons (Fsp3) is 0.0714. The highest BCUT2D eigenvalue weighted by atomic mass is 32.5. The van der Waals surface area contributed by atoms with Gasteiger partial charge in [-0.15, -0.1) is 0 Å². The summed E-state index contributed by atoms with van der Waals surface area (Å²) in [4.78, 5) is 0.886. The molecule has 0 saturated heterocycles. The van der Waals surface area contributed by atoms with Crippen molar-refractivity contribution in [3.63, 3.8) is 0 Å². The lowest BCUT2D eigenvalue weighted by atomic mass is 9.95. The Morgan fingerprint density at radius 3 is 1.11 bits per heavy atom. The minimum atomic E-state index is -12.1. The van der Waals surface area contributed by atoms with E-state index < -0.39 is 157 Å². The van der Waals surface area contributed by atoms with Crippen LogP contribution >= 0.6 is 20.4 Å². The maximum Gasteiger partial charge on any atom is 0.523 e. The van der Waals surface area contributed by atoms with E-state index in [-0.39, 0.29) is 0 Å². The Labute approximate surface area is 286 Å². The summed E-state index contributed by atoms with van der Waals surface area (Å²) in [5.74, 6) is -25.3. The van der Waals surface area contributed by atoms with E-state index in [2.05, 4.69) is 9.69 Å². The summed E-state index contributed by atoms with van der Waals surface area (Å²) < 4.78 is 271. The van der Waals surface area contributed by atoms with Crippen molar-refractivity contribution in [1.82, 2.24) is 9.97 Å². The molecule has 0 unspecified atom stereocenters. The molecule has 1 aromatic carbocycles. The van der Waals surface area contributed by atoms with Crippen molar-refractivity contribution in [3.05, 3.63) is 125 Å². The molecule has 6 nitrogen and oxygen atoms in total. The highest BCUT2D eigenvalue weighted by molar-refractivity contribution is 8.46. The first-order chi connectivity index (χ1) is 24.2. The zero-order chi connectivity index (χ0) is 41.2. The van der Waals surface area contributed by atoms with Gasteiger partial charge in [0.2, 0.25) is 0 Å². The molecule has 2 aromatic heterocycles. The lowest BCUT2D eigenvalue weighted by Crippen LogP contribution is -2.35. The van der Waals surface area contributed by atoms with E-state index in [1.54, 1.807) is 0 Å². The molecule has 2 aliphatic carbocycles. The van der Waals surface area contributed by atoms with E-state index in [4.69, 9.17) is 13.1 Å². The summed E-state index contributed by atoms with van der Waals surface area (Å²) in [5.41, 5.74) is -22.2. The van der Waals surface area contributed by atoms with Gasteiger partial charge in [0.05, 0.1) is 16.7 Å². The first-order valence-electron chi connectivity index (χ1n) is 13.1. The number of benzene rings is 1. The Hall–Kier alpha value is -5.86. The number of pyridine rings is 2. The predicted octanol–water partition coefficient (Wildman–Crippen LogP) is 9.81. The first-order valence-corrected chi connectivity index (χ1v) is 17.0. The molecule has 0 spiro atoms. The second-order valence-corrected chi connectivity index (χ2v) is 15.6. The van der Waals surface area contributed by atoms with Crippen LogP contribution in [0.4, 0.5) is 74.0 Å². The molecule has 5 rings (SSSR count). The minimum absolute atomic E-state index is 0.770. The second kappa shape index (κ2) is 10.4. The van der Waals surface area contributed by atoms with Gasteiger partial charge in [-0.1, -0.05) is 38.9 Å². The Morgan fingerprint density at radius 2 is 0.833 bits per heavy atom. The van der Waals surface area contributed by atoms with Crippen molar-refractivity contribution >= 4 is 31.6 Å². The van der Waals surface area contributed by atoms with Crippen molar-refractivity contribution in [2.24, 2.45) is 0 Å². The molecule has 2 aliphatic rings.